The lowest BCUT2D eigenvalue weighted by atomic mass is 10.1. The molecular formula is C16H14NO2. The molecule has 19 heavy (non-hydrogen) atoms. The number of hydrogen-bond acceptors (Lipinski definition) is 1. The van der Waals surface area contributed by atoms with Crippen molar-refractivity contribution in [2.45, 2.75) is 6.42 Å². The Bertz CT molecular complexity index is 583. The van der Waals surface area contributed by atoms with Gasteiger partial charge in [-0.1, -0.05) is 48.6 Å². The van der Waals surface area contributed by atoms with Crippen molar-refractivity contribution in [2.75, 3.05) is 0 Å². The highest BCUT2D eigenvalue weighted by Gasteiger charge is 1.99. The third kappa shape index (κ3) is 4.00. The minimum atomic E-state index is -0.821. The molecule has 0 fully saturated rings. The normalized spacial score (nSPS) is 10.7. The van der Waals surface area contributed by atoms with Crippen LogP contribution in [0.3, 0.4) is 0 Å². The van der Waals surface area contributed by atoms with Crippen LogP contribution in [0.15, 0.2) is 48.5 Å². The van der Waals surface area contributed by atoms with Gasteiger partial charge in [-0.3, -0.25) is 4.79 Å². The molecule has 0 bridgehead atoms. The van der Waals surface area contributed by atoms with Gasteiger partial charge in [-0.15, -0.1) is 0 Å². The average molecular weight is 252 g/mol. The Hall–Kier alpha value is -2.55. The fourth-order valence-electron chi connectivity index (χ4n) is 1.71. The number of carboxylic acids is 1. The maximum atomic E-state index is 10.6. The Morgan fingerprint density at radius 2 is 1.42 bits per heavy atom. The molecule has 0 saturated heterocycles. The molecule has 0 aliphatic rings. The van der Waals surface area contributed by atoms with Crippen LogP contribution < -0.4 is 5.73 Å². The quantitative estimate of drug-likeness (QED) is 0.848. The van der Waals surface area contributed by atoms with Gasteiger partial charge >= 0.3 is 5.97 Å². The molecule has 2 N–H and O–H groups in total. The van der Waals surface area contributed by atoms with E-state index in [-0.39, 0.29) is 6.42 Å². The predicted molar refractivity (Wildman–Crippen MR) is 75.9 cm³/mol. The Morgan fingerprint density at radius 3 is 1.89 bits per heavy atom. The molecule has 0 atom stereocenters. The van der Waals surface area contributed by atoms with Crippen molar-refractivity contribution >= 4 is 23.8 Å². The van der Waals surface area contributed by atoms with Crippen LogP contribution in [-0.2, 0) is 11.2 Å². The van der Waals surface area contributed by atoms with Gasteiger partial charge in [0.25, 0.3) is 0 Å². The third-order valence-corrected chi connectivity index (χ3v) is 2.71. The van der Waals surface area contributed by atoms with Crippen LogP contribution in [0.1, 0.15) is 16.7 Å². The highest BCUT2D eigenvalue weighted by atomic mass is 16.4. The monoisotopic (exact) mass is 252 g/mol. The van der Waals surface area contributed by atoms with Gasteiger partial charge in [0.05, 0.1) is 12.1 Å². The zero-order chi connectivity index (χ0) is 13.7. The minimum Gasteiger partial charge on any atom is -0.481 e. The van der Waals surface area contributed by atoms with Crippen LogP contribution in [0, 0.1) is 0 Å². The van der Waals surface area contributed by atoms with Gasteiger partial charge in [0.1, 0.15) is 0 Å². The SMILES string of the molecule is [NH]c1ccc(/C=C/c2ccc(CC(=O)O)cc2)cc1. The standard InChI is InChI=1S/C16H14NO2/c17-15-9-7-13(8-10-15)2-1-12-3-5-14(6-4-12)11-16(18)19/h1-10,17H,11H2,(H,18,19)/b2-1+. The molecule has 3 nitrogen and oxygen atoms in total. The fraction of sp³-hybridized carbons (Fsp3) is 0.0625. The van der Waals surface area contributed by atoms with E-state index >= 15 is 0 Å². The predicted octanol–water partition coefficient (Wildman–Crippen LogP) is 3.40. The molecule has 0 aliphatic heterocycles. The lowest BCUT2D eigenvalue weighted by Crippen LogP contribution is -1.99. The first kappa shape index (κ1) is 12.9. The summed E-state index contributed by atoms with van der Waals surface area (Å²) in [6.07, 6.45) is 3.98. The number of hydrogen-bond donors (Lipinski definition) is 1. The third-order valence-electron chi connectivity index (χ3n) is 2.71. The van der Waals surface area contributed by atoms with Crippen LogP contribution in [0.5, 0.6) is 0 Å². The highest BCUT2D eigenvalue weighted by molar-refractivity contribution is 5.72. The molecule has 0 heterocycles. The summed E-state index contributed by atoms with van der Waals surface area (Å²) < 4.78 is 0. The van der Waals surface area contributed by atoms with Gasteiger partial charge in [0.2, 0.25) is 0 Å². The van der Waals surface area contributed by atoms with Crippen molar-refractivity contribution in [1.29, 1.82) is 0 Å². The first-order valence-electron chi connectivity index (χ1n) is 5.94. The topological polar surface area (TPSA) is 61.1 Å². The summed E-state index contributed by atoms with van der Waals surface area (Å²) >= 11 is 0. The molecule has 3 heteroatoms. The van der Waals surface area contributed by atoms with Crippen LogP contribution >= 0.6 is 0 Å². The summed E-state index contributed by atoms with van der Waals surface area (Å²) in [7, 11) is 0. The van der Waals surface area contributed by atoms with E-state index in [1.807, 2.05) is 48.6 Å². The number of nitrogens with one attached hydrogen (secondary N) is 1. The first-order chi connectivity index (χ1) is 9.13. The molecule has 0 aliphatic carbocycles. The zero-order valence-electron chi connectivity index (χ0n) is 10.3. The molecule has 0 saturated carbocycles. The number of rotatable bonds is 4. The Morgan fingerprint density at radius 1 is 0.947 bits per heavy atom. The van der Waals surface area contributed by atoms with E-state index in [2.05, 4.69) is 0 Å². The van der Waals surface area contributed by atoms with E-state index < -0.39 is 5.97 Å². The van der Waals surface area contributed by atoms with Crippen LogP contribution in [0.25, 0.3) is 12.2 Å². The minimum absolute atomic E-state index is 0.0506. The summed E-state index contributed by atoms with van der Waals surface area (Å²) in [5.74, 6) is -0.821. The van der Waals surface area contributed by atoms with Gasteiger partial charge in [-0.25, -0.2) is 0 Å². The molecule has 1 radical (unpaired) electrons. The largest absolute Gasteiger partial charge is 0.481 e. The van der Waals surface area contributed by atoms with Gasteiger partial charge in [0, 0.05) is 0 Å². The summed E-state index contributed by atoms with van der Waals surface area (Å²) in [6.45, 7) is 0. The van der Waals surface area contributed by atoms with E-state index in [0.717, 1.165) is 16.7 Å². The van der Waals surface area contributed by atoms with Crippen molar-refractivity contribution < 1.29 is 9.90 Å². The van der Waals surface area contributed by atoms with Crippen molar-refractivity contribution in [3.63, 3.8) is 0 Å². The van der Waals surface area contributed by atoms with Gasteiger partial charge in [0.15, 0.2) is 0 Å². The molecule has 2 aromatic rings. The average Bonchev–Trinajstić information content (AvgIpc) is 2.39. The maximum Gasteiger partial charge on any atom is 0.307 e. The molecule has 0 unspecified atom stereocenters. The summed E-state index contributed by atoms with van der Waals surface area (Å²) in [5.41, 5.74) is 10.7. The summed E-state index contributed by atoms with van der Waals surface area (Å²) in [4.78, 5) is 10.6. The molecule has 95 valence electrons. The fourth-order valence-corrected chi connectivity index (χ4v) is 1.71. The number of benzene rings is 2. The second kappa shape index (κ2) is 5.87. The van der Waals surface area contributed by atoms with E-state index in [1.54, 1.807) is 12.1 Å². The molecule has 2 rings (SSSR count). The van der Waals surface area contributed by atoms with Crippen LogP contribution in [-0.4, -0.2) is 11.1 Å². The lowest BCUT2D eigenvalue weighted by molar-refractivity contribution is -0.136. The van der Waals surface area contributed by atoms with Crippen molar-refractivity contribution in [3.05, 3.63) is 65.2 Å². The van der Waals surface area contributed by atoms with Crippen molar-refractivity contribution in [3.8, 4) is 0 Å². The number of aliphatic carboxylic acids is 1. The lowest BCUT2D eigenvalue weighted by Gasteiger charge is -1.98. The van der Waals surface area contributed by atoms with E-state index in [1.165, 1.54) is 0 Å². The van der Waals surface area contributed by atoms with E-state index in [0.29, 0.717) is 5.69 Å². The molecular weight excluding hydrogens is 238 g/mol. The second-order valence-corrected chi connectivity index (χ2v) is 4.27. The number of carbonyl (C=O) groups is 1. The smallest absolute Gasteiger partial charge is 0.307 e. The van der Waals surface area contributed by atoms with Gasteiger partial charge in [-0.05, 0) is 28.8 Å². The van der Waals surface area contributed by atoms with E-state index in [4.69, 9.17) is 10.8 Å². The first-order valence-corrected chi connectivity index (χ1v) is 5.94. The Labute approximate surface area is 112 Å². The molecule has 0 amide bonds. The summed E-state index contributed by atoms with van der Waals surface area (Å²) in [6, 6.07) is 14.7. The van der Waals surface area contributed by atoms with E-state index in [9.17, 15) is 4.79 Å². The number of carboxylic acid groups (broad SMARTS) is 1. The van der Waals surface area contributed by atoms with Gasteiger partial charge in [-0.2, -0.15) is 0 Å². The maximum absolute atomic E-state index is 10.6. The van der Waals surface area contributed by atoms with Crippen molar-refractivity contribution in [1.82, 2.24) is 5.73 Å². The van der Waals surface area contributed by atoms with Crippen LogP contribution in [0.2, 0.25) is 0 Å². The molecule has 0 spiro atoms. The van der Waals surface area contributed by atoms with Gasteiger partial charge < -0.3 is 10.8 Å². The Balaban J connectivity index is 2.06. The highest BCUT2D eigenvalue weighted by Crippen LogP contribution is 2.12. The summed E-state index contributed by atoms with van der Waals surface area (Å²) in [5, 5.41) is 8.68. The Kier molecular flexibility index (Phi) is 3.98. The molecule has 0 aromatic heterocycles. The zero-order valence-corrected chi connectivity index (χ0v) is 10.3. The van der Waals surface area contributed by atoms with Crippen LogP contribution in [0.4, 0.5) is 5.69 Å². The van der Waals surface area contributed by atoms with Crippen molar-refractivity contribution in [2.24, 2.45) is 0 Å². The second-order valence-electron chi connectivity index (χ2n) is 4.27. The molecule has 2 aromatic carbocycles.